The van der Waals surface area contributed by atoms with Crippen LogP contribution in [-0.2, 0) is 6.42 Å². The molecule has 0 amide bonds. The van der Waals surface area contributed by atoms with E-state index in [0.29, 0.717) is 6.04 Å². The van der Waals surface area contributed by atoms with Crippen LogP contribution in [0.1, 0.15) is 37.5 Å². The summed E-state index contributed by atoms with van der Waals surface area (Å²) in [6.07, 6.45) is 1.16. The molecule has 1 aliphatic rings. The highest BCUT2D eigenvalue weighted by Gasteiger charge is 2.31. The lowest BCUT2D eigenvalue weighted by molar-refractivity contribution is 0.518. The SMILES string of the molecule is CCNC(Cc1c(C)cccc1C)C1CSC(C)C(C)S1. The highest BCUT2D eigenvalue weighted by Crippen LogP contribution is 2.37. The second kappa shape index (κ2) is 7.94. The summed E-state index contributed by atoms with van der Waals surface area (Å²) >= 11 is 4.34. The standard InChI is InChI=1S/C18H29NS2/c1-6-19-17(18-11-20-14(4)15(5)21-18)10-16-12(2)8-7-9-13(16)3/h7-9,14-15,17-19H,6,10-11H2,1-5H3. The highest BCUT2D eigenvalue weighted by atomic mass is 32.2. The van der Waals surface area contributed by atoms with Gasteiger partial charge in [0.05, 0.1) is 0 Å². The van der Waals surface area contributed by atoms with Crippen molar-refractivity contribution in [1.29, 1.82) is 0 Å². The fourth-order valence-electron chi connectivity index (χ4n) is 3.01. The first kappa shape index (κ1) is 17.2. The van der Waals surface area contributed by atoms with E-state index in [1.165, 1.54) is 16.9 Å². The molecule has 0 spiro atoms. The number of hydrogen-bond donors (Lipinski definition) is 1. The van der Waals surface area contributed by atoms with Crippen LogP contribution in [0.25, 0.3) is 0 Å². The number of aryl methyl sites for hydroxylation is 2. The largest absolute Gasteiger partial charge is 0.313 e. The first-order chi connectivity index (χ1) is 10.0. The molecule has 1 fully saturated rings. The molecule has 4 unspecified atom stereocenters. The lowest BCUT2D eigenvalue weighted by atomic mass is 9.95. The topological polar surface area (TPSA) is 12.0 Å². The molecule has 1 N–H and O–H groups in total. The Hall–Kier alpha value is -0.120. The predicted molar refractivity (Wildman–Crippen MR) is 99.8 cm³/mol. The van der Waals surface area contributed by atoms with E-state index in [1.807, 2.05) is 0 Å². The van der Waals surface area contributed by atoms with Crippen molar-refractivity contribution in [2.45, 2.75) is 62.8 Å². The van der Waals surface area contributed by atoms with Crippen LogP contribution in [0, 0.1) is 13.8 Å². The van der Waals surface area contributed by atoms with Crippen LogP contribution < -0.4 is 5.32 Å². The quantitative estimate of drug-likeness (QED) is 0.860. The molecule has 1 aromatic carbocycles. The minimum absolute atomic E-state index is 0.585. The molecule has 0 aromatic heterocycles. The summed E-state index contributed by atoms with van der Waals surface area (Å²) in [7, 11) is 0. The van der Waals surface area contributed by atoms with Crippen molar-refractivity contribution in [2.75, 3.05) is 12.3 Å². The molecular formula is C18H29NS2. The van der Waals surface area contributed by atoms with E-state index in [-0.39, 0.29) is 0 Å². The number of likely N-dealkylation sites (N-methyl/N-ethyl adjacent to an activating group) is 1. The Bertz CT molecular complexity index is 440. The Morgan fingerprint density at radius 1 is 1.19 bits per heavy atom. The summed E-state index contributed by atoms with van der Waals surface area (Å²) in [6, 6.07) is 7.26. The minimum atomic E-state index is 0.585. The molecule has 118 valence electrons. The van der Waals surface area contributed by atoms with E-state index < -0.39 is 0 Å². The Morgan fingerprint density at radius 2 is 1.86 bits per heavy atom. The zero-order valence-corrected chi connectivity index (χ0v) is 15.6. The molecule has 0 saturated carbocycles. The third-order valence-corrected chi connectivity index (χ3v) is 8.11. The van der Waals surface area contributed by atoms with E-state index in [1.54, 1.807) is 5.56 Å². The zero-order valence-electron chi connectivity index (χ0n) is 14.0. The van der Waals surface area contributed by atoms with Gasteiger partial charge in [-0.25, -0.2) is 0 Å². The smallest absolute Gasteiger partial charge is 0.0298 e. The normalized spacial score (nSPS) is 27.6. The fraction of sp³-hybridized carbons (Fsp3) is 0.667. The molecular weight excluding hydrogens is 294 g/mol. The Kier molecular flexibility index (Phi) is 6.51. The van der Waals surface area contributed by atoms with Gasteiger partial charge in [0.2, 0.25) is 0 Å². The van der Waals surface area contributed by atoms with Crippen LogP contribution in [0.2, 0.25) is 0 Å². The molecule has 1 nitrogen and oxygen atoms in total. The summed E-state index contributed by atoms with van der Waals surface area (Å²) in [5.41, 5.74) is 4.42. The van der Waals surface area contributed by atoms with Gasteiger partial charge in [0, 0.05) is 27.5 Å². The van der Waals surface area contributed by atoms with Gasteiger partial charge in [-0.05, 0) is 43.5 Å². The van der Waals surface area contributed by atoms with Gasteiger partial charge < -0.3 is 5.32 Å². The maximum atomic E-state index is 3.76. The fourth-order valence-corrected chi connectivity index (χ4v) is 6.14. The number of hydrogen-bond acceptors (Lipinski definition) is 3. The summed E-state index contributed by atoms with van der Waals surface area (Å²) in [5, 5.41) is 6.02. The predicted octanol–water partition coefficient (Wildman–Crippen LogP) is 4.45. The Morgan fingerprint density at radius 3 is 2.43 bits per heavy atom. The van der Waals surface area contributed by atoms with Crippen LogP contribution in [0.4, 0.5) is 0 Å². The lowest BCUT2D eigenvalue weighted by Crippen LogP contribution is -2.44. The molecule has 1 aliphatic heterocycles. The van der Waals surface area contributed by atoms with Crippen LogP contribution in [0.15, 0.2) is 18.2 Å². The average Bonchev–Trinajstić information content (AvgIpc) is 2.45. The monoisotopic (exact) mass is 323 g/mol. The summed E-state index contributed by atoms with van der Waals surface area (Å²) < 4.78 is 0. The first-order valence-corrected chi connectivity index (χ1v) is 10.1. The van der Waals surface area contributed by atoms with Crippen LogP contribution in [0.5, 0.6) is 0 Å². The van der Waals surface area contributed by atoms with E-state index in [2.05, 4.69) is 81.7 Å². The van der Waals surface area contributed by atoms with Gasteiger partial charge in [-0.2, -0.15) is 23.5 Å². The van der Waals surface area contributed by atoms with Crippen molar-refractivity contribution >= 4 is 23.5 Å². The summed E-state index contributed by atoms with van der Waals surface area (Å²) in [5.74, 6) is 1.28. The van der Waals surface area contributed by atoms with Gasteiger partial charge in [-0.3, -0.25) is 0 Å². The van der Waals surface area contributed by atoms with E-state index in [4.69, 9.17) is 0 Å². The van der Waals surface area contributed by atoms with Crippen molar-refractivity contribution in [2.24, 2.45) is 0 Å². The third-order valence-electron chi connectivity index (χ3n) is 4.56. The summed E-state index contributed by atoms with van der Waals surface area (Å²) in [6.45, 7) is 12.5. The zero-order chi connectivity index (χ0) is 15.4. The molecule has 1 saturated heterocycles. The van der Waals surface area contributed by atoms with E-state index in [9.17, 15) is 0 Å². The number of nitrogens with one attached hydrogen (secondary N) is 1. The van der Waals surface area contributed by atoms with Gasteiger partial charge in [0.1, 0.15) is 0 Å². The van der Waals surface area contributed by atoms with Crippen molar-refractivity contribution in [3.8, 4) is 0 Å². The molecule has 0 aliphatic carbocycles. The van der Waals surface area contributed by atoms with Crippen molar-refractivity contribution in [3.05, 3.63) is 34.9 Å². The van der Waals surface area contributed by atoms with Crippen LogP contribution >= 0.6 is 23.5 Å². The summed E-state index contributed by atoms with van der Waals surface area (Å²) in [4.78, 5) is 0. The highest BCUT2D eigenvalue weighted by molar-refractivity contribution is 8.07. The molecule has 2 rings (SSSR count). The van der Waals surface area contributed by atoms with Crippen molar-refractivity contribution < 1.29 is 0 Å². The van der Waals surface area contributed by atoms with E-state index >= 15 is 0 Å². The van der Waals surface area contributed by atoms with E-state index in [0.717, 1.165) is 28.7 Å². The van der Waals surface area contributed by atoms with Crippen molar-refractivity contribution in [1.82, 2.24) is 5.32 Å². The van der Waals surface area contributed by atoms with Gasteiger partial charge >= 0.3 is 0 Å². The first-order valence-electron chi connectivity index (χ1n) is 8.08. The number of thioether (sulfide) groups is 2. The second-order valence-corrected chi connectivity index (χ2v) is 9.19. The Labute approximate surface area is 139 Å². The maximum absolute atomic E-state index is 3.76. The lowest BCUT2D eigenvalue weighted by Gasteiger charge is -2.36. The molecule has 0 radical (unpaired) electrons. The third kappa shape index (κ3) is 4.43. The Balaban J connectivity index is 2.12. The van der Waals surface area contributed by atoms with Crippen LogP contribution in [-0.4, -0.2) is 34.1 Å². The molecule has 1 aromatic rings. The molecule has 3 heteroatoms. The number of rotatable bonds is 5. The maximum Gasteiger partial charge on any atom is 0.0298 e. The van der Waals surface area contributed by atoms with Gasteiger partial charge in [0.15, 0.2) is 0 Å². The molecule has 21 heavy (non-hydrogen) atoms. The minimum Gasteiger partial charge on any atom is -0.313 e. The molecule has 4 atom stereocenters. The van der Waals surface area contributed by atoms with Gasteiger partial charge in [0.25, 0.3) is 0 Å². The van der Waals surface area contributed by atoms with Gasteiger partial charge in [-0.15, -0.1) is 0 Å². The number of benzene rings is 1. The second-order valence-electron chi connectivity index (χ2n) is 6.16. The molecule has 1 heterocycles. The average molecular weight is 324 g/mol. The van der Waals surface area contributed by atoms with Gasteiger partial charge in [-0.1, -0.05) is 39.0 Å². The molecule has 0 bridgehead atoms. The van der Waals surface area contributed by atoms with Crippen LogP contribution in [0.3, 0.4) is 0 Å². The van der Waals surface area contributed by atoms with Crippen molar-refractivity contribution in [3.63, 3.8) is 0 Å².